The van der Waals surface area contributed by atoms with E-state index in [9.17, 15) is 5.26 Å². The molecule has 0 aromatic heterocycles. The van der Waals surface area contributed by atoms with Crippen molar-refractivity contribution in [1.29, 1.82) is 5.26 Å². The fourth-order valence-electron chi connectivity index (χ4n) is 3.63. The van der Waals surface area contributed by atoms with E-state index in [1.165, 1.54) is 12.0 Å². The number of benzene rings is 1. The standard InChI is InChI=1S/C16H21N3/c17-13-16-8-4-10-19(16)15(7-9-16)12-18-11-14-5-2-1-3-6-14/h1-3,5-6,15,18H,4,7-12H2/t15-,16+/m1/s1. The summed E-state index contributed by atoms with van der Waals surface area (Å²) >= 11 is 0. The first kappa shape index (κ1) is 12.7. The third-order valence-corrected chi connectivity index (χ3v) is 4.63. The number of hydrogen-bond donors (Lipinski definition) is 1. The van der Waals surface area contributed by atoms with Crippen molar-refractivity contribution in [3.8, 4) is 6.07 Å². The summed E-state index contributed by atoms with van der Waals surface area (Å²) in [5.74, 6) is 0. The SMILES string of the molecule is N#C[C@@]12CCCN1[C@@H](CNCc1ccccc1)CC2. The molecule has 0 amide bonds. The first-order valence-corrected chi connectivity index (χ1v) is 7.27. The lowest BCUT2D eigenvalue weighted by molar-refractivity contribution is 0.194. The minimum Gasteiger partial charge on any atom is -0.311 e. The van der Waals surface area contributed by atoms with Gasteiger partial charge >= 0.3 is 0 Å². The normalized spacial score (nSPS) is 30.2. The average molecular weight is 255 g/mol. The quantitative estimate of drug-likeness (QED) is 0.897. The Kier molecular flexibility index (Phi) is 3.54. The predicted octanol–water partition coefficient (Wildman–Crippen LogP) is 2.30. The lowest BCUT2D eigenvalue weighted by atomic mass is 9.96. The number of nitriles is 1. The van der Waals surface area contributed by atoms with Crippen LogP contribution in [0.4, 0.5) is 0 Å². The number of rotatable bonds is 4. The van der Waals surface area contributed by atoms with E-state index in [1.807, 2.05) is 6.07 Å². The largest absolute Gasteiger partial charge is 0.311 e. The van der Waals surface area contributed by atoms with Crippen molar-refractivity contribution in [1.82, 2.24) is 10.2 Å². The highest BCUT2D eigenvalue weighted by Gasteiger charge is 2.49. The molecule has 0 saturated carbocycles. The van der Waals surface area contributed by atoms with Gasteiger partial charge in [-0.25, -0.2) is 0 Å². The zero-order valence-electron chi connectivity index (χ0n) is 11.3. The molecule has 100 valence electrons. The maximum atomic E-state index is 9.44. The Morgan fingerprint density at radius 2 is 2.16 bits per heavy atom. The summed E-state index contributed by atoms with van der Waals surface area (Å²) < 4.78 is 0. The molecule has 1 aromatic carbocycles. The molecule has 0 radical (unpaired) electrons. The van der Waals surface area contributed by atoms with Crippen molar-refractivity contribution >= 4 is 0 Å². The van der Waals surface area contributed by atoms with Crippen molar-refractivity contribution in [3.63, 3.8) is 0 Å². The number of nitrogens with one attached hydrogen (secondary N) is 1. The molecular formula is C16H21N3. The molecule has 19 heavy (non-hydrogen) atoms. The molecule has 2 aliphatic heterocycles. The molecule has 2 fully saturated rings. The highest BCUT2D eigenvalue weighted by molar-refractivity contribution is 5.17. The first-order chi connectivity index (χ1) is 9.34. The van der Waals surface area contributed by atoms with Crippen LogP contribution in [0.2, 0.25) is 0 Å². The van der Waals surface area contributed by atoms with Crippen LogP contribution in [0.3, 0.4) is 0 Å². The van der Waals surface area contributed by atoms with Gasteiger partial charge in [-0.1, -0.05) is 30.3 Å². The fourth-order valence-corrected chi connectivity index (χ4v) is 3.63. The number of hydrogen-bond acceptors (Lipinski definition) is 3. The second kappa shape index (κ2) is 5.32. The summed E-state index contributed by atoms with van der Waals surface area (Å²) in [6, 6.07) is 13.6. The van der Waals surface area contributed by atoms with Crippen LogP contribution in [0.15, 0.2) is 30.3 Å². The topological polar surface area (TPSA) is 39.1 Å². The Morgan fingerprint density at radius 3 is 2.95 bits per heavy atom. The van der Waals surface area contributed by atoms with Gasteiger partial charge in [0.15, 0.2) is 0 Å². The number of fused-ring (bicyclic) bond motifs is 1. The van der Waals surface area contributed by atoms with Gasteiger partial charge in [0.2, 0.25) is 0 Å². The van der Waals surface area contributed by atoms with Crippen LogP contribution in [0.1, 0.15) is 31.2 Å². The monoisotopic (exact) mass is 255 g/mol. The van der Waals surface area contributed by atoms with E-state index in [2.05, 4.69) is 40.6 Å². The summed E-state index contributed by atoms with van der Waals surface area (Å²) in [5.41, 5.74) is 1.20. The van der Waals surface area contributed by atoms with Crippen LogP contribution < -0.4 is 5.32 Å². The maximum absolute atomic E-state index is 9.44. The van der Waals surface area contributed by atoms with Gasteiger partial charge in [-0.05, 0) is 31.2 Å². The van der Waals surface area contributed by atoms with Crippen LogP contribution in [-0.4, -0.2) is 29.6 Å². The molecule has 2 saturated heterocycles. The van der Waals surface area contributed by atoms with Crippen LogP contribution in [0, 0.1) is 11.3 Å². The van der Waals surface area contributed by atoms with Crippen molar-refractivity contribution in [2.45, 2.75) is 43.8 Å². The zero-order chi connectivity index (χ0) is 13.1. The van der Waals surface area contributed by atoms with E-state index >= 15 is 0 Å². The minimum absolute atomic E-state index is 0.126. The highest BCUT2D eigenvalue weighted by Crippen LogP contribution is 2.41. The maximum Gasteiger partial charge on any atom is 0.109 e. The molecular weight excluding hydrogens is 234 g/mol. The van der Waals surface area contributed by atoms with E-state index in [4.69, 9.17) is 0 Å². The van der Waals surface area contributed by atoms with Crippen LogP contribution >= 0.6 is 0 Å². The van der Waals surface area contributed by atoms with Crippen molar-refractivity contribution in [2.24, 2.45) is 0 Å². The molecule has 1 aromatic rings. The summed E-state index contributed by atoms with van der Waals surface area (Å²) in [6.45, 7) is 3.02. The molecule has 2 heterocycles. The van der Waals surface area contributed by atoms with Crippen molar-refractivity contribution in [2.75, 3.05) is 13.1 Å². The van der Waals surface area contributed by atoms with E-state index in [1.54, 1.807) is 0 Å². The fraction of sp³-hybridized carbons (Fsp3) is 0.562. The van der Waals surface area contributed by atoms with Gasteiger partial charge in [-0.2, -0.15) is 5.26 Å². The Bertz CT molecular complexity index is 465. The number of nitrogens with zero attached hydrogens (tertiary/aromatic N) is 2. The first-order valence-electron chi connectivity index (χ1n) is 7.27. The molecule has 3 rings (SSSR count). The minimum atomic E-state index is -0.126. The lowest BCUT2D eigenvalue weighted by Crippen LogP contribution is -2.44. The van der Waals surface area contributed by atoms with E-state index in [0.29, 0.717) is 6.04 Å². The molecule has 3 heteroatoms. The summed E-state index contributed by atoms with van der Waals surface area (Å²) in [7, 11) is 0. The third-order valence-electron chi connectivity index (χ3n) is 4.63. The van der Waals surface area contributed by atoms with Gasteiger partial charge in [0.25, 0.3) is 0 Å². The molecule has 0 spiro atoms. The van der Waals surface area contributed by atoms with Gasteiger partial charge in [-0.15, -0.1) is 0 Å². The second-order valence-corrected chi connectivity index (χ2v) is 5.75. The molecule has 2 atom stereocenters. The highest BCUT2D eigenvalue weighted by atomic mass is 15.3. The Balaban J connectivity index is 1.53. The molecule has 2 aliphatic rings. The van der Waals surface area contributed by atoms with Gasteiger partial charge in [0, 0.05) is 25.7 Å². The second-order valence-electron chi connectivity index (χ2n) is 5.75. The van der Waals surface area contributed by atoms with Crippen molar-refractivity contribution in [3.05, 3.63) is 35.9 Å². The van der Waals surface area contributed by atoms with Crippen molar-refractivity contribution < 1.29 is 0 Å². The Hall–Kier alpha value is -1.37. The van der Waals surface area contributed by atoms with Gasteiger partial charge in [0.1, 0.15) is 5.54 Å². The summed E-state index contributed by atoms with van der Waals surface area (Å²) in [4.78, 5) is 2.45. The van der Waals surface area contributed by atoms with E-state index in [-0.39, 0.29) is 5.54 Å². The third kappa shape index (κ3) is 2.39. The van der Waals surface area contributed by atoms with E-state index < -0.39 is 0 Å². The zero-order valence-corrected chi connectivity index (χ0v) is 11.3. The van der Waals surface area contributed by atoms with Crippen LogP contribution in [0.5, 0.6) is 0 Å². The predicted molar refractivity (Wildman–Crippen MR) is 75.5 cm³/mol. The summed E-state index contributed by atoms with van der Waals surface area (Å²) in [5, 5.41) is 13.0. The van der Waals surface area contributed by atoms with Gasteiger partial charge < -0.3 is 5.32 Å². The molecule has 3 nitrogen and oxygen atoms in total. The van der Waals surface area contributed by atoms with E-state index in [0.717, 1.165) is 38.9 Å². The lowest BCUT2D eigenvalue weighted by Gasteiger charge is -2.29. The van der Waals surface area contributed by atoms with Crippen LogP contribution in [-0.2, 0) is 6.54 Å². The molecule has 0 unspecified atom stereocenters. The molecule has 1 N–H and O–H groups in total. The average Bonchev–Trinajstić information content (AvgIpc) is 3.00. The van der Waals surface area contributed by atoms with Gasteiger partial charge in [-0.3, -0.25) is 4.90 Å². The smallest absolute Gasteiger partial charge is 0.109 e. The Morgan fingerprint density at radius 1 is 1.32 bits per heavy atom. The Labute approximate surface area is 115 Å². The molecule has 0 aliphatic carbocycles. The molecule has 0 bridgehead atoms. The van der Waals surface area contributed by atoms with Gasteiger partial charge in [0.05, 0.1) is 6.07 Å². The summed E-state index contributed by atoms with van der Waals surface area (Å²) in [6.07, 6.45) is 4.47. The van der Waals surface area contributed by atoms with Crippen LogP contribution in [0.25, 0.3) is 0 Å².